The lowest BCUT2D eigenvalue weighted by Crippen LogP contribution is -2.62. The highest BCUT2D eigenvalue weighted by molar-refractivity contribution is 5.86. The van der Waals surface area contributed by atoms with Gasteiger partial charge in [0.05, 0.1) is 25.5 Å². The van der Waals surface area contributed by atoms with Gasteiger partial charge < -0.3 is 25.0 Å². The van der Waals surface area contributed by atoms with Crippen molar-refractivity contribution in [1.29, 1.82) is 0 Å². The zero-order valence-corrected chi connectivity index (χ0v) is 22.6. The lowest BCUT2D eigenvalue weighted by molar-refractivity contribution is -0.192. The zero-order valence-electron chi connectivity index (χ0n) is 22.6. The molecule has 2 rings (SSSR count). The van der Waals surface area contributed by atoms with Gasteiger partial charge >= 0.3 is 24.1 Å². The van der Waals surface area contributed by atoms with Crippen LogP contribution in [0.1, 0.15) is 65.4 Å². The first-order chi connectivity index (χ1) is 16.8. The van der Waals surface area contributed by atoms with Crippen molar-refractivity contribution in [2.45, 2.75) is 72.6 Å². The van der Waals surface area contributed by atoms with Crippen LogP contribution in [0, 0.1) is 11.3 Å². The molecule has 37 heavy (non-hydrogen) atoms. The summed E-state index contributed by atoms with van der Waals surface area (Å²) in [6.07, 6.45) is -1.17. The monoisotopic (exact) mass is 533 g/mol. The van der Waals surface area contributed by atoms with Crippen LogP contribution in [0.25, 0.3) is 0 Å². The van der Waals surface area contributed by atoms with E-state index in [1.165, 1.54) is 13.3 Å². The standard InChI is InChI=1S/C22H37N5O3.C2HF3O2/c1-15(2)17-13-26(18-12-23-16(11-24-18)19(28)30-8)9-10-27(17)20(29)25-22(6,7)14-21(3,4)5;3-2(4,5)1(6)7/h11-12,15,17H,9-10,13-14H2,1-8H3,(H,25,29);(H,6,7). The number of ether oxygens (including phenoxy) is 1. The second kappa shape index (κ2) is 12.4. The lowest BCUT2D eigenvalue weighted by Gasteiger charge is -2.45. The summed E-state index contributed by atoms with van der Waals surface area (Å²) in [5, 5.41) is 10.4. The van der Waals surface area contributed by atoms with E-state index in [-0.39, 0.29) is 34.6 Å². The Bertz CT molecular complexity index is 930. The maximum Gasteiger partial charge on any atom is 0.490 e. The van der Waals surface area contributed by atoms with Crippen molar-refractivity contribution in [3.05, 3.63) is 18.1 Å². The number of hydrogen-bond donors (Lipinski definition) is 2. The molecule has 1 fully saturated rings. The molecule has 10 nitrogen and oxygen atoms in total. The second-order valence-electron chi connectivity index (χ2n) is 11.1. The fourth-order valence-corrected chi connectivity index (χ4v) is 4.27. The first-order valence-corrected chi connectivity index (χ1v) is 11.8. The molecule has 0 aromatic carbocycles. The maximum absolute atomic E-state index is 13.1. The Morgan fingerprint density at radius 1 is 1.11 bits per heavy atom. The summed E-state index contributed by atoms with van der Waals surface area (Å²) in [5.41, 5.74) is 0.0197. The number of rotatable bonds is 5. The van der Waals surface area contributed by atoms with E-state index in [0.29, 0.717) is 25.5 Å². The molecule has 1 unspecified atom stereocenters. The number of nitrogens with one attached hydrogen (secondary N) is 1. The molecule has 0 saturated carbocycles. The number of carbonyl (C=O) groups is 3. The number of nitrogens with zero attached hydrogens (tertiary/aromatic N) is 4. The molecule has 0 aliphatic carbocycles. The van der Waals surface area contributed by atoms with Gasteiger partial charge in [-0.2, -0.15) is 13.2 Å². The van der Waals surface area contributed by atoms with Gasteiger partial charge in [-0.25, -0.2) is 24.4 Å². The SMILES string of the molecule is COC(=O)c1cnc(N2CCN(C(=O)NC(C)(C)CC(C)(C)C)C(C(C)C)C2)cn1.O=C(O)C(F)(F)F. The van der Waals surface area contributed by atoms with Crippen molar-refractivity contribution in [1.82, 2.24) is 20.2 Å². The molecule has 0 radical (unpaired) electrons. The van der Waals surface area contributed by atoms with E-state index < -0.39 is 18.1 Å². The Balaban J connectivity index is 0.000000856. The number of aromatic nitrogens is 2. The summed E-state index contributed by atoms with van der Waals surface area (Å²) in [7, 11) is 1.32. The molecular weight excluding hydrogens is 495 g/mol. The molecule has 1 saturated heterocycles. The number of aliphatic carboxylic acids is 1. The number of carboxylic acids is 1. The zero-order chi connectivity index (χ0) is 28.8. The Morgan fingerprint density at radius 2 is 1.68 bits per heavy atom. The van der Waals surface area contributed by atoms with E-state index in [9.17, 15) is 22.8 Å². The highest BCUT2D eigenvalue weighted by atomic mass is 19.4. The summed E-state index contributed by atoms with van der Waals surface area (Å²) in [4.78, 5) is 46.2. The minimum atomic E-state index is -5.08. The molecule has 2 amide bonds. The van der Waals surface area contributed by atoms with Crippen LogP contribution < -0.4 is 10.2 Å². The average Bonchev–Trinajstić information content (AvgIpc) is 2.76. The van der Waals surface area contributed by atoms with E-state index in [2.05, 4.69) is 73.4 Å². The van der Waals surface area contributed by atoms with E-state index in [1.807, 2.05) is 4.90 Å². The van der Waals surface area contributed by atoms with Crippen LogP contribution in [0.2, 0.25) is 0 Å². The third-order valence-electron chi connectivity index (χ3n) is 5.47. The van der Waals surface area contributed by atoms with Crippen molar-refractivity contribution in [3.63, 3.8) is 0 Å². The van der Waals surface area contributed by atoms with Crippen molar-refractivity contribution in [2.75, 3.05) is 31.6 Å². The molecule has 1 aromatic heterocycles. The van der Waals surface area contributed by atoms with Crippen LogP contribution >= 0.6 is 0 Å². The Hall–Kier alpha value is -3.12. The number of methoxy groups -OCH3 is 1. The third kappa shape index (κ3) is 10.4. The first kappa shape index (κ1) is 31.9. The summed E-state index contributed by atoms with van der Waals surface area (Å²) in [6, 6.07) is 0.0287. The number of piperazine rings is 1. The number of hydrogen-bond acceptors (Lipinski definition) is 7. The number of amides is 2. The van der Waals surface area contributed by atoms with Gasteiger partial charge in [0.1, 0.15) is 5.82 Å². The summed E-state index contributed by atoms with van der Waals surface area (Å²) >= 11 is 0. The summed E-state index contributed by atoms with van der Waals surface area (Å²) < 4.78 is 36.4. The fraction of sp³-hybridized carbons (Fsp3) is 0.708. The Kier molecular flexibility index (Phi) is 10.7. The number of urea groups is 1. The number of alkyl halides is 3. The number of esters is 1. The fourth-order valence-electron chi connectivity index (χ4n) is 4.27. The molecule has 0 bridgehead atoms. The van der Waals surface area contributed by atoms with E-state index in [0.717, 1.165) is 6.42 Å². The van der Waals surface area contributed by atoms with Crippen LogP contribution in [0.15, 0.2) is 12.4 Å². The molecule has 2 heterocycles. The lowest BCUT2D eigenvalue weighted by atomic mass is 9.82. The minimum Gasteiger partial charge on any atom is -0.475 e. The van der Waals surface area contributed by atoms with Crippen LogP contribution in [-0.4, -0.2) is 82.4 Å². The minimum absolute atomic E-state index is 0.0188. The van der Waals surface area contributed by atoms with Crippen LogP contribution in [-0.2, 0) is 9.53 Å². The van der Waals surface area contributed by atoms with Gasteiger partial charge in [-0.05, 0) is 31.6 Å². The third-order valence-corrected chi connectivity index (χ3v) is 5.47. The average molecular weight is 534 g/mol. The molecular formula is C24H38F3N5O5. The van der Waals surface area contributed by atoms with Gasteiger partial charge in [0, 0.05) is 25.2 Å². The van der Waals surface area contributed by atoms with E-state index >= 15 is 0 Å². The predicted molar refractivity (Wildman–Crippen MR) is 131 cm³/mol. The van der Waals surface area contributed by atoms with E-state index in [4.69, 9.17) is 9.90 Å². The van der Waals surface area contributed by atoms with Gasteiger partial charge in [0.25, 0.3) is 0 Å². The smallest absolute Gasteiger partial charge is 0.475 e. The van der Waals surface area contributed by atoms with Crippen LogP contribution in [0.3, 0.4) is 0 Å². The summed E-state index contributed by atoms with van der Waals surface area (Å²) in [5.74, 6) is -2.28. The van der Waals surface area contributed by atoms with Gasteiger partial charge in [-0.15, -0.1) is 0 Å². The second-order valence-corrected chi connectivity index (χ2v) is 11.1. The van der Waals surface area contributed by atoms with Crippen molar-refractivity contribution >= 4 is 23.8 Å². The van der Waals surface area contributed by atoms with Gasteiger partial charge in [0.2, 0.25) is 0 Å². The number of anilines is 1. The molecule has 1 atom stereocenters. The highest BCUT2D eigenvalue weighted by Crippen LogP contribution is 2.28. The molecule has 13 heteroatoms. The molecule has 210 valence electrons. The van der Waals surface area contributed by atoms with Gasteiger partial charge in [-0.3, -0.25) is 0 Å². The predicted octanol–water partition coefficient (Wildman–Crippen LogP) is 3.97. The first-order valence-electron chi connectivity index (χ1n) is 11.8. The quantitative estimate of drug-likeness (QED) is 0.545. The maximum atomic E-state index is 13.1. The van der Waals surface area contributed by atoms with Crippen molar-refractivity contribution in [2.24, 2.45) is 11.3 Å². The largest absolute Gasteiger partial charge is 0.490 e. The normalized spacial score (nSPS) is 16.6. The molecule has 1 aliphatic heterocycles. The van der Waals surface area contributed by atoms with Crippen molar-refractivity contribution in [3.8, 4) is 0 Å². The van der Waals surface area contributed by atoms with Gasteiger partial charge in [-0.1, -0.05) is 34.6 Å². The molecule has 1 aromatic rings. The van der Waals surface area contributed by atoms with Crippen LogP contribution in [0.5, 0.6) is 0 Å². The van der Waals surface area contributed by atoms with E-state index in [1.54, 1.807) is 6.20 Å². The van der Waals surface area contributed by atoms with Crippen molar-refractivity contribution < 1.29 is 37.4 Å². The molecule has 2 N–H and O–H groups in total. The topological polar surface area (TPSA) is 125 Å². The molecule has 1 aliphatic rings. The number of carbonyl (C=O) groups excluding carboxylic acids is 2. The van der Waals surface area contributed by atoms with Crippen LogP contribution in [0.4, 0.5) is 23.8 Å². The number of carboxylic acid groups (broad SMARTS) is 1. The summed E-state index contributed by atoms with van der Waals surface area (Å²) in [6.45, 7) is 16.9. The highest BCUT2D eigenvalue weighted by Gasteiger charge is 2.38. The Labute approximate surface area is 215 Å². The van der Waals surface area contributed by atoms with Gasteiger partial charge in [0.15, 0.2) is 5.69 Å². The molecule has 0 spiro atoms. The number of halogens is 3. The Morgan fingerprint density at radius 3 is 2.08 bits per heavy atom.